The van der Waals surface area contributed by atoms with Crippen molar-refractivity contribution in [1.29, 1.82) is 0 Å². The summed E-state index contributed by atoms with van der Waals surface area (Å²) in [5.74, 6) is -2.07. The van der Waals surface area contributed by atoms with Crippen LogP contribution in [0.4, 0.5) is 0 Å². The number of methoxy groups -OCH3 is 1. The molecule has 4 heteroatoms. The molecule has 1 aliphatic heterocycles. The first kappa shape index (κ1) is 13.0. The van der Waals surface area contributed by atoms with Crippen LogP contribution in [0.25, 0.3) is 11.1 Å². The third-order valence-electron chi connectivity index (χ3n) is 5.64. The average Bonchev–Trinajstić information content (AvgIpc) is 2.80. The highest BCUT2D eigenvalue weighted by Crippen LogP contribution is 2.69. The molecular formula is C19H14O4. The van der Waals surface area contributed by atoms with Gasteiger partial charge in [-0.1, -0.05) is 48.5 Å². The van der Waals surface area contributed by atoms with Crippen LogP contribution in [0.2, 0.25) is 0 Å². The second kappa shape index (κ2) is 4.09. The molecule has 0 unspecified atom stereocenters. The molecule has 3 aliphatic rings. The molecule has 4 nitrogen and oxygen atoms in total. The summed E-state index contributed by atoms with van der Waals surface area (Å²) >= 11 is 0. The number of hydrogen-bond acceptors (Lipinski definition) is 4. The molecule has 2 aromatic rings. The second-order valence-electron chi connectivity index (χ2n) is 6.35. The number of carbonyl (C=O) groups is 2. The van der Waals surface area contributed by atoms with E-state index in [1.807, 2.05) is 42.5 Å². The predicted octanol–water partition coefficient (Wildman–Crippen LogP) is 2.62. The maximum absolute atomic E-state index is 12.3. The molecular weight excluding hydrogens is 292 g/mol. The maximum atomic E-state index is 12.3. The summed E-state index contributed by atoms with van der Waals surface area (Å²) in [5.41, 5.74) is 3.39. The summed E-state index contributed by atoms with van der Waals surface area (Å²) in [7, 11) is 1.62. The fourth-order valence-corrected chi connectivity index (χ4v) is 4.82. The van der Waals surface area contributed by atoms with Gasteiger partial charge in [-0.2, -0.15) is 0 Å². The van der Waals surface area contributed by atoms with E-state index >= 15 is 0 Å². The molecule has 114 valence electrons. The van der Waals surface area contributed by atoms with Crippen molar-refractivity contribution in [2.24, 2.45) is 11.8 Å². The highest BCUT2D eigenvalue weighted by atomic mass is 16.6. The SMILES string of the molecule is CO[C@]12c3ccccc3-c3ccccc3[C@H]1[C@H]1C(=O)OC(=O)[C@@H]12. The predicted molar refractivity (Wildman–Crippen MR) is 81.4 cm³/mol. The van der Waals surface area contributed by atoms with E-state index in [4.69, 9.17) is 9.47 Å². The van der Waals surface area contributed by atoms with Crippen LogP contribution in [-0.4, -0.2) is 19.0 Å². The molecule has 2 aliphatic carbocycles. The van der Waals surface area contributed by atoms with Gasteiger partial charge in [-0.15, -0.1) is 0 Å². The van der Waals surface area contributed by atoms with Crippen molar-refractivity contribution in [1.82, 2.24) is 0 Å². The Morgan fingerprint density at radius 3 is 2.39 bits per heavy atom. The van der Waals surface area contributed by atoms with Crippen LogP contribution >= 0.6 is 0 Å². The van der Waals surface area contributed by atoms with Gasteiger partial charge >= 0.3 is 11.9 Å². The Morgan fingerprint density at radius 1 is 0.913 bits per heavy atom. The first-order chi connectivity index (χ1) is 11.2. The molecule has 1 heterocycles. The highest BCUT2D eigenvalue weighted by molar-refractivity contribution is 6.02. The normalized spacial score (nSPS) is 33.0. The molecule has 0 bridgehead atoms. The lowest BCUT2D eigenvalue weighted by Crippen LogP contribution is -2.62. The molecule has 4 atom stereocenters. The molecule has 0 N–H and O–H groups in total. The Labute approximate surface area is 133 Å². The molecule has 0 amide bonds. The number of benzene rings is 2. The topological polar surface area (TPSA) is 52.6 Å². The van der Waals surface area contributed by atoms with Crippen LogP contribution in [0.15, 0.2) is 48.5 Å². The number of ether oxygens (including phenoxy) is 2. The van der Waals surface area contributed by atoms with E-state index < -0.39 is 29.4 Å². The zero-order valence-electron chi connectivity index (χ0n) is 12.5. The summed E-state index contributed by atoms with van der Waals surface area (Å²) in [6.45, 7) is 0. The van der Waals surface area contributed by atoms with Crippen molar-refractivity contribution in [2.75, 3.05) is 7.11 Å². The summed E-state index contributed by atoms with van der Waals surface area (Å²) < 4.78 is 10.9. The van der Waals surface area contributed by atoms with Gasteiger partial charge in [0.1, 0.15) is 11.5 Å². The standard InChI is InChI=1S/C19H14O4/c1-22-19-13-9-5-4-7-11(13)10-6-2-3-8-12(10)15(19)14-16(19)18(21)23-17(14)20/h2-9,14-16H,1H3/t14-,15+,16-,19-/m1/s1. The summed E-state index contributed by atoms with van der Waals surface area (Å²) in [5, 5.41) is 0. The molecule has 1 saturated carbocycles. The largest absolute Gasteiger partial charge is 0.393 e. The van der Waals surface area contributed by atoms with Crippen molar-refractivity contribution < 1.29 is 19.1 Å². The van der Waals surface area contributed by atoms with Gasteiger partial charge < -0.3 is 9.47 Å². The lowest BCUT2D eigenvalue weighted by atomic mass is 9.47. The third-order valence-corrected chi connectivity index (χ3v) is 5.64. The Balaban J connectivity index is 1.86. The summed E-state index contributed by atoms with van der Waals surface area (Å²) in [6.07, 6.45) is 0. The molecule has 0 aromatic heterocycles. The Hall–Kier alpha value is -2.46. The van der Waals surface area contributed by atoms with Gasteiger partial charge in [-0.3, -0.25) is 9.59 Å². The third kappa shape index (κ3) is 1.28. The molecule has 0 spiro atoms. The van der Waals surface area contributed by atoms with Gasteiger partial charge in [0.05, 0.1) is 5.92 Å². The van der Waals surface area contributed by atoms with Gasteiger partial charge in [0.2, 0.25) is 0 Å². The van der Waals surface area contributed by atoms with Crippen LogP contribution in [0.3, 0.4) is 0 Å². The smallest absolute Gasteiger partial charge is 0.320 e. The molecule has 1 saturated heterocycles. The zero-order chi connectivity index (χ0) is 15.8. The van der Waals surface area contributed by atoms with Crippen LogP contribution in [-0.2, 0) is 24.7 Å². The van der Waals surface area contributed by atoms with Gasteiger partial charge in [-0.05, 0) is 22.3 Å². The van der Waals surface area contributed by atoms with E-state index in [1.54, 1.807) is 7.11 Å². The van der Waals surface area contributed by atoms with E-state index in [2.05, 4.69) is 6.07 Å². The van der Waals surface area contributed by atoms with Gasteiger partial charge in [0.15, 0.2) is 0 Å². The summed E-state index contributed by atoms with van der Waals surface area (Å²) in [6, 6.07) is 16.0. The summed E-state index contributed by atoms with van der Waals surface area (Å²) in [4.78, 5) is 24.4. The fourth-order valence-electron chi connectivity index (χ4n) is 4.82. The Kier molecular flexibility index (Phi) is 2.31. The number of hydrogen-bond donors (Lipinski definition) is 0. The quantitative estimate of drug-likeness (QED) is 0.600. The minimum Gasteiger partial charge on any atom is -0.393 e. The number of fused-ring (bicyclic) bond motifs is 9. The molecule has 2 fully saturated rings. The highest BCUT2D eigenvalue weighted by Gasteiger charge is 2.75. The molecule has 2 aromatic carbocycles. The first-order valence-electron chi connectivity index (χ1n) is 7.69. The molecule has 0 radical (unpaired) electrons. The maximum Gasteiger partial charge on any atom is 0.320 e. The minimum atomic E-state index is -0.807. The van der Waals surface area contributed by atoms with Crippen molar-refractivity contribution in [3.8, 4) is 11.1 Å². The lowest BCUT2D eigenvalue weighted by Gasteiger charge is -2.57. The Bertz CT molecular complexity index is 871. The van der Waals surface area contributed by atoms with E-state index in [0.29, 0.717) is 0 Å². The van der Waals surface area contributed by atoms with Crippen molar-refractivity contribution in [3.05, 3.63) is 59.7 Å². The van der Waals surface area contributed by atoms with Crippen LogP contribution in [0.5, 0.6) is 0 Å². The van der Waals surface area contributed by atoms with Crippen LogP contribution < -0.4 is 0 Å². The lowest BCUT2D eigenvalue weighted by molar-refractivity contribution is -0.188. The number of cyclic esters (lactones) is 2. The van der Waals surface area contributed by atoms with E-state index in [1.165, 1.54) is 0 Å². The first-order valence-corrected chi connectivity index (χ1v) is 7.69. The molecule has 5 rings (SSSR count). The zero-order valence-corrected chi connectivity index (χ0v) is 12.5. The van der Waals surface area contributed by atoms with Gasteiger partial charge in [0.25, 0.3) is 0 Å². The number of rotatable bonds is 1. The number of esters is 2. The van der Waals surface area contributed by atoms with Crippen molar-refractivity contribution in [3.63, 3.8) is 0 Å². The van der Waals surface area contributed by atoms with E-state index in [0.717, 1.165) is 22.3 Å². The van der Waals surface area contributed by atoms with Crippen molar-refractivity contribution >= 4 is 11.9 Å². The van der Waals surface area contributed by atoms with Gasteiger partial charge in [0, 0.05) is 13.0 Å². The Morgan fingerprint density at radius 2 is 1.61 bits per heavy atom. The minimum absolute atomic E-state index is 0.178. The fraction of sp³-hybridized carbons (Fsp3) is 0.263. The van der Waals surface area contributed by atoms with Crippen molar-refractivity contribution in [2.45, 2.75) is 11.5 Å². The average molecular weight is 306 g/mol. The second-order valence-corrected chi connectivity index (χ2v) is 6.35. The van der Waals surface area contributed by atoms with Gasteiger partial charge in [-0.25, -0.2) is 0 Å². The van der Waals surface area contributed by atoms with Crippen LogP contribution in [0, 0.1) is 11.8 Å². The van der Waals surface area contributed by atoms with Crippen LogP contribution in [0.1, 0.15) is 17.0 Å². The van der Waals surface area contributed by atoms with E-state index in [-0.39, 0.29) is 5.92 Å². The monoisotopic (exact) mass is 306 g/mol. The van der Waals surface area contributed by atoms with E-state index in [9.17, 15) is 9.59 Å². The molecule has 23 heavy (non-hydrogen) atoms. The number of carbonyl (C=O) groups excluding carboxylic acids is 2.